The van der Waals surface area contributed by atoms with Gasteiger partial charge in [-0.25, -0.2) is 0 Å². The SMILES string of the molecule is CC[N+](C)(CCCl)C(C)C.[Cl-]. The van der Waals surface area contributed by atoms with Crippen molar-refractivity contribution in [2.45, 2.75) is 26.8 Å². The standard InChI is InChI=1S/C8H19ClN.ClH/c1-5-10(4,7-6-9)8(2)3;/h8H,5-7H2,1-4H3;1H/q+1;/p-1. The van der Waals surface area contributed by atoms with Crippen LogP contribution in [-0.4, -0.2) is 36.5 Å². The van der Waals surface area contributed by atoms with E-state index in [1.165, 1.54) is 6.54 Å². The molecule has 0 bridgehead atoms. The van der Waals surface area contributed by atoms with Crippen molar-refractivity contribution >= 4 is 11.6 Å². The summed E-state index contributed by atoms with van der Waals surface area (Å²) in [4.78, 5) is 0. The number of quaternary nitrogens is 1. The van der Waals surface area contributed by atoms with Crippen LogP contribution in [0.5, 0.6) is 0 Å². The van der Waals surface area contributed by atoms with Crippen LogP contribution in [-0.2, 0) is 0 Å². The van der Waals surface area contributed by atoms with Crippen molar-refractivity contribution in [2.75, 3.05) is 26.0 Å². The highest BCUT2D eigenvalue weighted by molar-refractivity contribution is 6.17. The first-order valence-electron chi connectivity index (χ1n) is 3.97. The first kappa shape index (κ1) is 14.1. The van der Waals surface area contributed by atoms with Crippen molar-refractivity contribution in [3.8, 4) is 0 Å². The van der Waals surface area contributed by atoms with Crippen LogP contribution in [0.1, 0.15) is 20.8 Å². The second kappa shape index (κ2) is 6.10. The quantitative estimate of drug-likeness (QED) is 0.408. The van der Waals surface area contributed by atoms with E-state index in [9.17, 15) is 0 Å². The van der Waals surface area contributed by atoms with Crippen LogP contribution in [0.15, 0.2) is 0 Å². The molecule has 70 valence electrons. The summed E-state index contributed by atoms with van der Waals surface area (Å²) >= 11 is 5.69. The van der Waals surface area contributed by atoms with Crippen LogP contribution in [0, 0.1) is 0 Å². The Morgan fingerprint density at radius 1 is 1.36 bits per heavy atom. The molecule has 0 aliphatic heterocycles. The Morgan fingerprint density at radius 2 is 1.82 bits per heavy atom. The molecular weight excluding hydrogens is 181 g/mol. The fraction of sp³-hybridized carbons (Fsp3) is 1.00. The van der Waals surface area contributed by atoms with Crippen LogP contribution in [0.4, 0.5) is 0 Å². The number of halogens is 2. The van der Waals surface area contributed by atoms with Gasteiger partial charge in [-0.15, -0.1) is 11.6 Å². The summed E-state index contributed by atoms with van der Waals surface area (Å²) in [5.74, 6) is 0.766. The van der Waals surface area contributed by atoms with Crippen molar-refractivity contribution in [3.63, 3.8) is 0 Å². The van der Waals surface area contributed by atoms with Crippen LogP contribution < -0.4 is 12.4 Å². The summed E-state index contributed by atoms with van der Waals surface area (Å²) in [7, 11) is 2.26. The molecule has 0 heterocycles. The van der Waals surface area contributed by atoms with E-state index in [2.05, 4.69) is 27.8 Å². The Labute approximate surface area is 81.7 Å². The number of alkyl halides is 1. The lowest BCUT2D eigenvalue weighted by molar-refractivity contribution is -0.925. The van der Waals surface area contributed by atoms with E-state index >= 15 is 0 Å². The lowest BCUT2D eigenvalue weighted by Gasteiger charge is -2.36. The molecule has 0 radical (unpaired) electrons. The molecule has 0 rings (SSSR count). The molecule has 0 aromatic heterocycles. The third-order valence-electron chi connectivity index (χ3n) is 2.56. The molecule has 0 aliphatic carbocycles. The Hall–Kier alpha value is 0.540. The Kier molecular flexibility index (Phi) is 7.81. The molecule has 0 spiro atoms. The van der Waals surface area contributed by atoms with Crippen molar-refractivity contribution in [2.24, 2.45) is 0 Å². The number of hydrogen-bond donors (Lipinski definition) is 0. The molecular formula is C8H19Cl2N. The highest BCUT2D eigenvalue weighted by Gasteiger charge is 2.21. The summed E-state index contributed by atoms with van der Waals surface area (Å²) in [5, 5.41) is 0. The van der Waals surface area contributed by atoms with E-state index < -0.39 is 0 Å². The second-order valence-electron chi connectivity index (χ2n) is 3.30. The lowest BCUT2D eigenvalue weighted by Crippen LogP contribution is -3.00. The summed E-state index contributed by atoms with van der Waals surface area (Å²) in [6.07, 6.45) is 0. The first-order valence-corrected chi connectivity index (χ1v) is 4.50. The smallest absolute Gasteiger partial charge is 0.0924 e. The maximum Gasteiger partial charge on any atom is 0.0924 e. The molecule has 0 aromatic rings. The normalized spacial score (nSPS) is 15.8. The summed E-state index contributed by atoms with van der Waals surface area (Å²) in [6, 6.07) is 0.684. The fourth-order valence-corrected chi connectivity index (χ4v) is 1.36. The summed E-state index contributed by atoms with van der Waals surface area (Å²) in [5.41, 5.74) is 0. The van der Waals surface area contributed by atoms with E-state index in [1.807, 2.05) is 0 Å². The molecule has 1 atom stereocenters. The third kappa shape index (κ3) is 4.19. The molecule has 1 unspecified atom stereocenters. The molecule has 3 heteroatoms. The average molecular weight is 200 g/mol. The van der Waals surface area contributed by atoms with E-state index in [0.717, 1.165) is 16.9 Å². The van der Waals surface area contributed by atoms with Gasteiger partial charge in [-0.05, 0) is 20.8 Å². The van der Waals surface area contributed by atoms with Crippen molar-refractivity contribution in [3.05, 3.63) is 0 Å². The molecule has 1 nitrogen and oxygen atoms in total. The van der Waals surface area contributed by atoms with Gasteiger partial charge in [0.2, 0.25) is 0 Å². The Balaban J connectivity index is 0. The molecule has 0 amide bonds. The van der Waals surface area contributed by atoms with E-state index in [0.29, 0.717) is 6.04 Å². The topological polar surface area (TPSA) is 0 Å². The van der Waals surface area contributed by atoms with Crippen LogP contribution in [0.2, 0.25) is 0 Å². The Bertz CT molecular complexity index is 96.1. The highest BCUT2D eigenvalue weighted by atomic mass is 35.5. The monoisotopic (exact) mass is 199 g/mol. The molecule has 0 N–H and O–H groups in total. The zero-order valence-electron chi connectivity index (χ0n) is 7.90. The van der Waals surface area contributed by atoms with Crippen molar-refractivity contribution in [1.82, 2.24) is 0 Å². The van der Waals surface area contributed by atoms with Gasteiger partial charge in [0.15, 0.2) is 0 Å². The zero-order valence-corrected chi connectivity index (χ0v) is 9.41. The van der Waals surface area contributed by atoms with Gasteiger partial charge in [0.25, 0.3) is 0 Å². The molecule has 11 heavy (non-hydrogen) atoms. The fourth-order valence-electron chi connectivity index (χ4n) is 0.975. The van der Waals surface area contributed by atoms with Crippen LogP contribution in [0.25, 0.3) is 0 Å². The molecule has 0 saturated carbocycles. The van der Waals surface area contributed by atoms with Gasteiger partial charge in [-0.2, -0.15) is 0 Å². The van der Waals surface area contributed by atoms with Gasteiger partial charge in [0.05, 0.1) is 32.1 Å². The maximum absolute atomic E-state index is 5.69. The first-order chi connectivity index (χ1) is 4.56. The predicted octanol–water partition coefficient (Wildman–Crippen LogP) is -0.896. The minimum atomic E-state index is 0. The van der Waals surface area contributed by atoms with Crippen molar-refractivity contribution in [1.29, 1.82) is 0 Å². The molecule has 0 saturated heterocycles. The van der Waals surface area contributed by atoms with Gasteiger partial charge >= 0.3 is 0 Å². The van der Waals surface area contributed by atoms with Gasteiger partial charge in [0.1, 0.15) is 0 Å². The molecule has 0 fully saturated rings. The van der Waals surface area contributed by atoms with E-state index in [4.69, 9.17) is 11.6 Å². The lowest BCUT2D eigenvalue weighted by atomic mass is 10.2. The third-order valence-corrected chi connectivity index (χ3v) is 2.73. The maximum atomic E-state index is 5.69. The minimum absolute atomic E-state index is 0. The van der Waals surface area contributed by atoms with Crippen molar-refractivity contribution < 1.29 is 16.9 Å². The predicted molar refractivity (Wildman–Crippen MR) is 47.4 cm³/mol. The Morgan fingerprint density at radius 3 is 1.91 bits per heavy atom. The highest BCUT2D eigenvalue weighted by Crippen LogP contribution is 2.08. The van der Waals surface area contributed by atoms with Gasteiger partial charge in [-0.3, -0.25) is 0 Å². The minimum Gasteiger partial charge on any atom is -1.00 e. The van der Waals surface area contributed by atoms with E-state index in [-0.39, 0.29) is 12.4 Å². The van der Waals surface area contributed by atoms with Gasteiger partial charge < -0.3 is 16.9 Å². The summed E-state index contributed by atoms with van der Waals surface area (Å²) in [6.45, 7) is 8.96. The van der Waals surface area contributed by atoms with Crippen LogP contribution in [0.3, 0.4) is 0 Å². The zero-order chi connectivity index (χ0) is 8.20. The molecule has 0 aromatic carbocycles. The number of hydrogen-bond acceptors (Lipinski definition) is 0. The summed E-state index contributed by atoms with van der Waals surface area (Å²) < 4.78 is 1.09. The average Bonchev–Trinajstić information content (AvgIpc) is 1.88. The largest absolute Gasteiger partial charge is 1.00 e. The van der Waals surface area contributed by atoms with Gasteiger partial charge in [0, 0.05) is 0 Å². The van der Waals surface area contributed by atoms with E-state index in [1.54, 1.807) is 0 Å². The van der Waals surface area contributed by atoms with Gasteiger partial charge in [-0.1, -0.05) is 0 Å². The van der Waals surface area contributed by atoms with Crippen LogP contribution >= 0.6 is 11.6 Å². The molecule has 0 aliphatic rings. The second-order valence-corrected chi connectivity index (χ2v) is 3.68. The number of nitrogens with zero attached hydrogens (tertiary/aromatic N) is 1. The number of rotatable bonds is 4.